The van der Waals surface area contributed by atoms with Crippen LogP contribution in [0.5, 0.6) is 0 Å². The number of amides is 1. The smallest absolute Gasteiger partial charge is 0.414 e. The molecular formula is C27H29F2N3O5. The Morgan fingerprint density at radius 1 is 1.14 bits per heavy atom. The van der Waals surface area contributed by atoms with Crippen molar-refractivity contribution in [3.05, 3.63) is 58.9 Å². The van der Waals surface area contributed by atoms with E-state index in [1.807, 2.05) is 23.6 Å². The summed E-state index contributed by atoms with van der Waals surface area (Å²) in [4.78, 5) is 30.8. The van der Waals surface area contributed by atoms with Crippen LogP contribution < -0.4 is 4.90 Å². The van der Waals surface area contributed by atoms with Crippen molar-refractivity contribution in [1.82, 2.24) is 9.55 Å². The molecule has 2 aliphatic rings. The van der Waals surface area contributed by atoms with Gasteiger partial charge in [-0.1, -0.05) is 12.5 Å². The predicted octanol–water partition coefficient (Wildman–Crippen LogP) is 5.12. The number of nitrogens with zero attached hydrogens (tertiary/aromatic N) is 3. The van der Waals surface area contributed by atoms with Gasteiger partial charge >= 0.3 is 12.1 Å². The third-order valence-corrected chi connectivity index (χ3v) is 7.72. The van der Waals surface area contributed by atoms with Crippen molar-refractivity contribution >= 4 is 28.8 Å². The molecule has 1 aliphatic heterocycles. The molecule has 0 radical (unpaired) electrons. The molecule has 37 heavy (non-hydrogen) atoms. The second-order valence-electron chi connectivity index (χ2n) is 9.93. The van der Waals surface area contributed by atoms with E-state index in [-0.39, 0.29) is 23.5 Å². The number of hydrogen-bond donors (Lipinski definition) is 2. The van der Waals surface area contributed by atoms with E-state index in [2.05, 4.69) is 0 Å². The first-order chi connectivity index (χ1) is 17.7. The number of imidazole rings is 1. The molecular weight excluding hydrogens is 484 g/mol. The number of aliphatic hydroxyl groups is 1. The first kappa shape index (κ1) is 25.1. The normalized spacial score (nSPS) is 22.5. The number of halogens is 2. The number of rotatable bonds is 4. The fraction of sp³-hybridized carbons (Fsp3) is 0.444. The summed E-state index contributed by atoms with van der Waals surface area (Å²) in [7, 11) is 1.33. The Bertz CT molecular complexity index is 1370. The summed E-state index contributed by atoms with van der Waals surface area (Å²) in [5.74, 6) is -3.27. The lowest BCUT2D eigenvalue weighted by atomic mass is 9.85. The molecule has 3 aromatic rings. The number of hydrogen-bond acceptors (Lipinski definition) is 5. The predicted molar refractivity (Wildman–Crippen MR) is 131 cm³/mol. The molecule has 1 aromatic heterocycles. The first-order valence-corrected chi connectivity index (χ1v) is 12.5. The number of aliphatic carboxylic acids is 1. The fourth-order valence-corrected chi connectivity index (χ4v) is 5.82. The third-order valence-electron chi connectivity index (χ3n) is 7.72. The Hall–Kier alpha value is -3.53. The number of aromatic nitrogens is 2. The Labute approximate surface area is 212 Å². The summed E-state index contributed by atoms with van der Waals surface area (Å²) in [6.07, 6.45) is 1.78. The van der Waals surface area contributed by atoms with E-state index in [0.717, 1.165) is 17.7 Å². The van der Waals surface area contributed by atoms with E-state index < -0.39 is 35.7 Å². The lowest BCUT2D eigenvalue weighted by Gasteiger charge is -2.34. The van der Waals surface area contributed by atoms with E-state index in [4.69, 9.17) is 9.72 Å². The molecule has 4 atom stereocenters. The van der Waals surface area contributed by atoms with Gasteiger partial charge in [0.25, 0.3) is 0 Å². The standard InChI is InChI=1S/C27H29F2N3O5/c1-14-6-8-18-21(31(14)27(36)37-2)10-11-22-23(18)30-25(24(33)15-7-9-19(28)20(29)13-15)32(22)17-5-3-4-16(12-17)26(34)35/h7,9-11,13-14,16-17,24,33H,3-6,8,12H2,1-2H3,(H,34,35)/t14-,16?,17?,24?/m0/s1. The lowest BCUT2D eigenvalue weighted by Crippen LogP contribution is -2.42. The number of aryl methyl sites for hydroxylation is 1. The van der Waals surface area contributed by atoms with Crippen molar-refractivity contribution in [1.29, 1.82) is 0 Å². The van der Waals surface area contributed by atoms with Gasteiger partial charge in [0, 0.05) is 17.6 Å². The van der Waals surface area contributed by atoms with E-state index in [0.29, 0.717) is 55.2 Å². The Morgan fingerprint density at radius 3 is 2.62 bits per heavy atom. The molecule has 8 nitrogen and oxygen atoms in total. The van der Waals surface area contributed by atoms with Crippen LogP contribution in [0.2, 0.25) is 0 Å². The molecule has 0 spiro atoms. The highest BCUT2D eigenvalue weighted by molar-refractivity contribution is 5.95. The van der Waals surface area contributed by atoms with Crippen LogP contribution in [0.15, 0.2) is 30.3 Å². The second kappa shape index (κ2) is 9.74. The van der Waals surface area contributed by atoms with Crippen LogP contribution >= 0.6 is 0 Å². The summed E-state index contributed by atoms with van der Waals surface area (Å²) in [5, 5.41) is 21.0. The molecule has 10 heteroatoms. The van der Waals surface area contributed by atoms with E-state index >= 15 is 0 Å². The molecule has 3 unspecified atom stereocenters. The van der Waals surface area contributed by atoms with Crippen LogP contribution in [0.3, 0.4) is 0 Å². The van der Waals surface area contributed by atoms with Crippen LogP contribution in [0.1, 0.15) is 68.1 Å². The summed E-state index contributed by atoms with van der Waals surface area (Å²) in [6, 6.07) is 6.52. The zero-order valence-electron chi connectivity index (χ0n) is 20.7. The quantitative estimate of drug-likeness (QED) is 0.502. The van der Waals surface area contributed by atoms with E-state index in [1.54, 1.807) is 4.90 Å². The van der Waals surface area contributed by atoms with Gasteiger partial charge in [-0.3, -0.25) is 9.69 Å². The van der Waals surface area contributed by atoms with Gasteiger partial charge in [0.2, 0.25) is 0 Å². The third kappa shape index (κ3) is 4.33. The SMILES string of the molecule is COC(=O)N1c2ccc3c(nc(C(O)c4ccc(F)c(F)c4)n3C3CCCC(C(=O)O)C3)c2CC[C@@H]1C. The highest BCUT2D eigenvalue weighted by Crippen LogP contribution is 2.42. The molecule has 1 aliphatic carbocycles. The minimum absolute atomic E-state index is 0.0820. The maximum Gasteiger partial charge on any atom is 0.414 e. The largest absolute Gasteiger partial charge is 0.481 e. The monoisotopic (exact) mass is 513 g/mol. The molecule has 1 fully saturated rings. The number of anilines is 1. The lowest BCUT2D eigenvalue weighted by molar-refractivity contribution is -0.143. The number of fused-ring (bicyclic) bond motifs is 3. The number of benzene rings is 2. The van der Waals surface area contributed by atoms with Crippen molar-refractivity contribution in [2.75, 3.05) is 12.0 Å². The molecule has 2 aromatic carbocycles. The molecule has 1 amide bonds. The molecule has 1 saturated carbocycles. The maximum atomic E-state index is 14.0. The van der Waals surface area contributed by atoms with Crippen molar-refractivity contribution in [3.63, 3.8) is 0 Å². The fourth-order valence-electron chi connectivity index (χ4n) is 5.82. The van der Waals surface area contributed by atoms with Gasteiger partial charge < -0.3 is 19.5 Å². The van der Waals surface area contributed by atoms with Crippen LogP contribution in [-0.2, 0) is 16.0 Å². The summed E-state index contributed by atoms with van der Waals surface area (Å²) < 4.78 is 34.5. The topological polar surface area (TPSA) is 105 Å². The van der Waals surface area contributed by atoms with Crippen molar-refractivity contribution in [2.24, 2.45) is 5.92 Å². The number of carboxylic acid groups (broad SMARTS) is 1. The van der Waals surface area contributed by atoms with Crippen molar-refractivity contribution in [3.8, 4) is 0 Å². The minimum Gasteiger partial charge on any atom is -0.481 e. The van der Waals surface area contributed by atoms with E-state index in [9.17, 15) is 28.6 Å². The molecule has 5 rings (SSSR count). The Kier molecular flexibility index (Phi) is 6.61. The zero-order chi connectivity index (χ0) is 26.4. The Morgan fingerprint density at radius 2 is 1.92 bits per heavy atom. The van der Waals surface area contributed by atoms with Crippen LogP contribution in [0.4, 0.5) is 19.3 Å². The van der Waals surface area contributed by atoms with Crippen molar-refractivity contribution < 1.29 is 33.3 Å². The molecule has 0 saturated heterocycles. The van der Waals surface area contributed by atoms with Gasteiger partial charge in [0.1, 0.15) is 11.9 Å². The highest BCUT2D eigenvalue weighted by Gasteiger charge is 2.35. The zero-order valence-corrected chi connectivity index (χ0v) is 20.7. The van der Waals surface area contributed by atoms with Gasteiger partial charge in [0.15, 0.2) is 11.6 Å². The van der Waals surface area contributed by atoms with Crippen LogP contribution in [0.25, 0.3) is 11.0 Å². The number of carboxylic acids is 1. The summed E-state index contributed by atoms with van der Waals surface area (Å²) in [5.41, 5.74) is 2.92. The minimum atomic E-state index is -1.37. The number of ether oxygens (including phenoxy) is 1. The number of methoxy groups -OCH3 is 1. The highest BCUT2D eigenvalue weighted by atomic mass is 19.2. The second-order valence-corrected chi connectivity index (χ2v) is 9.93. The van der Waals surface area contributed by atoms with Crippen LogP contribution in [0, 0.1) is 17.6 Å². The molecule has 0 bridgehead atoms. The maximum absolute atomic E-state index is 14.0. The van der Waals surface area contributed by atoms with Gasteiger partial charge in [-0.15, -0.1) is 0 Å². The van der Waals surface area contributed by atoms with Gasteiger partial charge in [-0.2, -0.15) is 0 Å². The van der Waals surface area contributed by atoms with Crippen LogP contribution in [-0.4, -0.2) is 45.0 Å². The molecule has 196 valence electrons. The summed E-state index contributed by atoms with van der Waals surface area (Å²) in [6.45, 7) is 1.94. The Balaban J connectivity index is 1.70. The summed E-state index contributed by atoms with van der Waals surface area (Å²) >= 11 is 0. The first-order valence-electron chi connectivity index (χ1n) is 12.5. The average molecular weight is 514 g/mol. The number of carbonyl (C=O) groups is 2. The van der Waals surface area contributed by atoms with E-state index in [1.165, 1.54) is 13.2 Å². The molecule has 2 N–H and O–H groups in total. The van der Waals surface area contributed by atoms with Gasteiger partial charge in [-0.25, -0.2) is 18.6 Å². The number of carbonyl (C=O) groups excluding carboxylic acids is 1. The van der Waals surface area contributed by atoms with Gasteiger partial charge in [0.05, 0.1) is 29.7 Å². The average Bonchev–Trinajstić information content (AvgIpc) is 3.29. The number of aliphatic hydroxyl groups excluding tert-OH is 1. The molecule has 2 heterocycles. The van der Waals surface area contributed by atoms with Gasteiger partial charge in [-0.05, 0) is 68.9 Å². The van der Waals surface area contributed by atoms with Crippen molar-refractivity contribution in [2.45, 2.75) is 63.6 Å².